The molecule has 112 valence electrons. The van der Waals surface area contributed by atoms with Crippen LogP contribution in [-0.2, 0) is 10.0 Å². The highest BCUT2D eigenvalue weighted by Gasteiger charge is 2.50. The molecule has 21 heavy (non-hydrogen) atoms. The zero-order valence-electron chi connectivity index (χ0n) is 11.9. The summed E-state index contributed by atoms with van der Waals surface area (Å²) in [6.07, 6.45) is 4.57. The van der Waals surface area contributed by atoms with Gasteiger partial charge in [0.15, 0.2) is 0 Å². The summed E-state index contributed by atoms with van der Waals surface area (Å²) >= 11 is 1.28. The molecular formula is C15H18N2O2S2. The average Bonchev–Trinajstić information content (AvgIpc) is 2.99. The molecule has 1 aliphatic heterocycles. The molecule has 0 amide bonds. The Bertz CT molecular complexity index is 760. The maximum absolute atomic E-state index is 12.9. The minimum absolute atomic E-state index is 0.0855. The summed E-state index contributed by atoms with van der Waals surface area (Å²) in [6, 6.07) is 7.68. The molecule has 1 aromatic heterocycles. The van der Waals surface area contributed by atoms with Crippen LogP contribution >= 0.6 is 11.3 Å². The fourth-order valence-corrected chi connectivity index (χ4v) is 6.78. The third-order valence-electron chi connectivity index (χ3n) is 4.93. The Labute approximate surface area is 128 Å². The van der Waals surface area contributed by atoms with E-state index in [1.807, 2.05) is 31.2 Å². The van der Waals surface area contributed by atoms with Crippen LogP contribution in [0.4, 0.5) is 0 Å². The molecule has 1 saturated heterocycles. The van der Waals surface area contributed by atoms with Crippen LogP contribution in [0.25, 0.3) is 10.2 Å². The summed E-state index contributed by atoms with van der Waals surface area (Å²) in [7, 11) is -3.46. The molecule has 0 radical (unpaired) electrons. The standard InChI is InChI=1S/C15H18N2O2S2/c1-11-9-15(7-4-8-15)10-17(11)21(18,19)14-16-12-5-2-3-6-13(12)20-14/h2-3,5-6,11H,4,7-10H2,1H3. The van der Waals surface area contributed by atoms with Gasteiger partial charge in [0.1, 0.15) is 0 Å². The molecule has 4 nitrogen and oxygen atoms in total. The molecule has 2 heterocycles. The predicted molar refractivity (Wildman–Crippen MR) is 83.9 cm³/mol. The fraction of sp³-hybridized carbons (Fsp3) is 0.533. The summed E-state index contributed by atoms with van der Waals surface area (Å²) in [5, 5.41) is 0. The van der Waals surface area contributed by atoms with Crippen molar-refractivity contribution in [1.82, 2.24) is 9.29 Å². The molecule has 1 unspecified atom stereocenters. The number of rotatable bonds is 2. The zero-order valence-corrected chi connectivity index (χ0v) is 13.6. The Hall–Kier alpha value is -0.980. The van der Waals surface area contributed by atoms with Crippen LogP contribution in [0.1, 0.15) is 32.6 Å². The van der Waals surface area contributed by atoms with E-state index in [4.69, 9.17) is 0 Å². The Morgan fingerprint density at radius 3 is 2.71 bits per heavy atom. The predicted octanol–water partition coefficient (Wildman–Crippen LogP) is 3.25. The lowest BCUT2D eigenvalue weighted by Crippen LogP contribution is -2.37. The van der Waals surface area contributed by atoms with E-state index in [0.29, 0.717) is 6.54 Å². The summed E-state index contributed by atoms with van der Waals surface area (Å²) in [5.41, 5.74) is 1.02. The largest absolute Gasteiger partial charge is 0.270 e. The second-order valence-corrected chi connectivity index (χ2v) is 9.50. The van der Waals surface area contributed by atoms with Gasteiger partial charge in [-0.15, -0.1) is 11.3 Å². The van der Waals surface area contributed by atoms with Crippen LogP contribution in [0.15, 0.2) is 28.6 Å². The summed E-state index contributed by atoms with van der Waals surface area (Å²) in [4.78, 5) is 4.34. The van der Waals surface area contributed by atoms with E-state index in [1.165, 1.54) is 30.6 Å². The van der Waals surface area contributed by atoms with Crippen molar-refractivity contribution in [3.63, 3.8) is 0 Å². The number of aromatic nitrogens is 1. The number of para-hydroxylation sites is 1. The van der Waals surface area contributed by atoms with Crippen LogP contribution < -0.4 is 0 Å². The lowest BCUT2D eigenvalue weighted by Gasteiger charge is -2.37. The first-order valence-corrected chi connectivity index (χ1v) is 9.63. The van der Waals surface area contributed by atoms with Gasteiger partial charge in [0.2, 0.25) is 4.34 Å². The van der Waals surface area contributed by atoms with Gasteiger partial charge >= 0.3 is 0 Å². The second-order valence-electron chi connectivity index (χ2n) is 6.40. The normalized spacial score (nSPS) is 25.5. The lowest BCUT2D eigenvalue weighted by molar-refractivity contribution is 0.152. The molecule has 4 rings (SSSR count). The second kappa shape index (κ2) is 4.51. The van der Waals surface area contributed by atoms with E-state index in [-0.39, 0.29) is 15.8 Å². The molecule has 2 aromatic rings. The van der Waals surface area contributed by atoms with Crippen molar-refractivity contribution >= 4 is 31.6 Å². The number of hydrogen-bond acceptors (Lipinski definition) is 4. The molecule has 2 aliphatic rings. The zero-order chi connectivity index (χ0) is 14.7. The molecule has 1 aromatic carbocycles. The van der Waals surface area contributed by atoms with Gasteiger partial charge in [0, 0.05) is 12.6 Å². The molecule has 1 spiro atoms. The van der Waals surface area contributed by atoms with E-state index < -0.39 is 10.0 Å². The van der Waals surface area contributed by atoms with Gasteiger partial charge in [0.05, 0.1) is 10.2 Å². The molecule has 1 aliphatic carbocycles. The minimum Gasteiger partial charge on any atom is -0.224 e. The molecule has 0 bridgehead atoms. The van der Waals surface area contributed by atoms with Gasteiger partial charge in [-0.2, -0.15) is 4.31 Å². The quantitative estimate of drug-likeness (QED) is 0.853. The number of thiazole rings is 1. The average molecular weight is 322 g/mol. The van der Waals surface area contributed by atoms with E-state index in [9.17, 15) is 8.42 Å². The molecule has 6 heteroatoms. The molecule has 1 atom stereocenters. The highest BCUT2D eigenvalue weighted by Crippen LogP contribution is 2.51. The summed E-state index contributed by atoms with van der Waals surface area (Å²) in [5.74, 6) is 0. The number of nitrogens with zero attached hydrogens (tertiary/aromatic N) is 2. The van der Waals surface area contributed by atoms with Gasteiger partial charge in [-0.3, -0.25) is 0 Å². The Kier molecular flexibility index (Phi) is 2.93. The highest BCUT2D eigenvalue weighted by atomic mass is 32.2. The van der Waals surface area contributed by atoms with Gasteiger partial charge in [-0.25, -0.2) is 13.4 Å². The SMILES string of the molecule is CC1CC2(CCC2)CN1S(=O)(=O)c1nc2ccccc2s1. The number of benzene rings is 1. The third-order valence-corrected chi connectivity index (χ3v) is 8.28. The van der Waals surface area contributed by atoms with Crippen molar-refractivity contribution in [3.05, 3.63) is 24.3 Å². The first-order valence-electron chi connectivity index (χ1n) is 7.38. The van der Waals surface area contributed by atoms with Gasteiger partial charge in [-0.1, -0.05) is 18.6 Å². The maximum Gasteiger partial charge on any atom is 0.270 e. The molecule has 1 saturated carbocycles. The highest BCUT2D eigenvalue weighted by molar-refractivity contribution is 7.91. The van der Waals surface area contributed by atoms with E-state index >= 15 is 0 Å². The Balaban J connectivity index is 1.72. The van der Waals surface area contributed by atoms with E-state index in [1.54, 1.807) is 4.31 Å². The smallest absolute Gasteiger partial charge is 0.224 e. The Morgan fingerprint density at radius 2 is 2.10 bits per heavy atom. The topological polar surface area (TPSA) is 50.3 Å². The lowest BCUT2D eigenvalue weighted by atomic mass is 9.68. The van der Waals surface area contributed by atoms with Crippen LogP contribution in [0.3, 0.4) is 0 Å². The molecule has 2 fully saturated rings. The Morgan fingerprint density at radius 1 is 1.33 bits per heavy atom. The van der Waals surface area contributed by atoms with Crippen molar-refractivity contribution in [2.75, 3.05) is 6.54 Å². The van der Waals surface area contributed by atoms with Crippen LogP contribution in [0.5, 0.6) is 0 Å². The van der Waals surface area contributed by atoms with Crippen molar-refractivity contribution in [1.29, 1.82) is 0 Å². The minimum atomic E-state index is -3.46. The first kappa shape index (κ1) is 13.7. The number of fused-ring (bicyclic) bond motifs is 1. The van der Waals surface area contributed by atoms with Crippen molar-refractivity contribution in [2.45, 2.75) is 43.0 Å². The van der Waals surface area contributed by atoms with Crippen molar-refractivity contribution in [2.24, 2.45) is 5.41 Å². The van der Waals surface area contributed by atoms with Gasteiger partial charge < -0.3 is 0 Å². The fourth-order valence-electron chi connectivity index (χ4n) is 3.70. The molecular weight excluding hydrogens is 304 g/mol. The van der Waals surface area contributed by atoms with Gasteiger partial charge in [-0.05, 0) is 43.7 Å². The van der Waals surface area contributed by atoms with E-state index in [0.717, 1.165) is 16.6 Å². The summed E-state index contributed by atoms with van der Waals surface area (Å²) < 4.78 is 28.7. The number of sulfonamides is 1. The monoisotopic (exact) mass is 322 g/mol. The van der Waals surface area contributed by atoms with Crippen molar-refractivity contribution < 1.29 is 8.42 Å². The summed E-state index contributed by atoms with van der Waals surface area (Å²) in [6.45, 7) is 2.70. The maximum atomic E-state index is 12.9. The van der Waals surface area contributed by atoms with Crippen molar-refractivity contribution in [3.8, 4) is 0 Å². The van der Waals surface area contributed by atoms with E-state index in [2.05, 4.69) is 4.98 Å². The first-order chi connectivity index (χ1) is 10.0. The van der Waals surface area contributed by atoms with Crippen LogP contribution in [0, 0.1) is 5.41 Å². The third kappa shape index (κ3) is 2.04. The van der Waals surface area contributed by atoms with Crippen LogP contribution in [0.2, 0.25) is 0 Å². The van der Waals surface area contributed by atoms with Gasteiger partial charge in [0.25, 0.3) is 10.0 Å². The molecule has 0 N–H and O–H groups in total. The van der Waals surface area contributed by atoms with Crippen LogP contribution in [-0.4, -0.2) is 30.3 Å². The number of hydrogen-bond donors (Lipinski definition) is 0.